The number of nitrogens with zero attached hydrogens (tertiary/aromatic N) is 1. The van der Waals surface area contributed by atoms with Crippen molar-refractivity contribution in [2.75, 3.05) is 24.6 Å². The first-order chi connectivity index (χ1) is 13.9. The topological polar surface area (TPSA) is 92.8 Å². The Morgan fingerprint density at radius 2 is 1.66 bits per heavy atom. The Labute approximate surface area is 166 Å². The smallest absolute Gasteiger partial charge is 0.325 e. The van der Waals surface area contributed by atoms with Crippen LogP contribution in [0.2, 0.25) is 0 Å². The molecule has 150 valence electrons. The van der Waals surface area contributed by atoms with Crippen LogP contribution in [0.15, 0.2) is 48.5 Å². The van der Waals surface area contributed by atoms with Crippen molar-refractivity contribution < 1.29 is 28.3 Å². The van der Waals surface area contributed by atoms with E-state index in [4.69, 9.17) is 4.74 Å². The Bertz CT molecular complexity index is 925. The number of carbonyl (C=O) groups excluding carboxylic acids is 4. The lowest BCUT2D eigenvalue weighted by molar-refractivity contribution is -0.141. The van der Waals surface area contributed by atoms with E-state index >= 15 is 0 Å². The molecule has 0 bridgehead atoms. The third-order valence-corrected chi connectivity index (χ3v) is 4.44. The molecular weight excluding hydrogens is 379 g/mol. The van der Waals surface area contributed by atoms with Crippen LogP contribution >= 0.6 is 0 Å². The molecule has 1 N–H and O–H groups in total. The number of hydrogen-bond acceptors (Lipinski definition) is 5. The molecule has 0 unspecified atom stereocenters. The maximum absolute atomic E-state index is 12.8. The zero-order chi connectivity index (χ0) is 20.8. The molecule has 1 fully saturated rings. The molecule has 7 nitrogen and oxygen atoms in total. The highest BCUT2D eigenvalue weighted by atomic mass is 19.1. The maximum atomic E-state index is 12.8. The monoisotopic (exact) mass is 398 g/mol. The summed E-state index contributed by atoms with van der Waals surface area (Å²) in [5.74, 6) is -2.14. The first kappa shape index (κ1) is 20.2. The van der Waals surface area contributed by atoms with Gasteiger partial charge in [0.15, 0.2) is 12.4 Å². The molecule has 1 saturated heterocycles. The van der Waals surface area contributed by atoms with E-state index in [1.165, 1.54) is 12.1 Å². The van der Waals surface area contributed by atoms with Crippen LogP contribution in [0.3, 0.4) is 0 Å². The molecule has 0 aliphatic carbocycles. The normalized spacial score (nSPS) is 13.3. The first-order valence-electron chi connectivity index (χ1n) is 9.07. The number of amides is 2. The summed E-state index contributed by atoms with van der Waals surface area (Å²) < 4.78 is 17.7. The van der Waals surface area contributed by atoms with Crippen LogP contribution in [0.5, 0.6) is 0 Å². The van der Waals surface area contributed by atoms with E-state index in [0.717, 1.165) is 24.2 Å². The number of rotatable bonds is 7. The van der Waals surface area contributed by atoms with Gasteiger partial charge in [-0.2, -0.15) is 0 Å². The Morgan fingerprint density at radius 3 is 2.28 bits per heavy atom. The van der Waals surface area contributed by atoms with Gasteiger partial charge in [-0.1, -0.05) is 0 Å². The zero-order valence-electron chi connectivity index (χ0n) is 15.5. The summed E-state index contributed by atoms with van der Waals surface area (Å²) in [7, 11) is 0. The largest absolute Gasteiger partial charge is 0.456 e. The lowest BCUT2D eigenvalue weighted by atomic mass is 10.1. The second kappa shape index (κ2) is 9.09. The van der Waals surface area contributed by atoms with Crippen molar-refractivity contribution in [1.82, 2.24) is 5.32 Å². The van der Waals surface area contributed by atoms with E-state index in [9.17, 15) is 23.6 Å². The molecule has 2 aromatic rings. The van der Waals surface area contributed by atoms with Crippen molar-refractivity contribution >= 4 is 29.3 Å². The van der Waals surface area contributed by atoms with Gasteiger partial charge in [0.1, 0.15) is 12.4 Å². The van der Waals surface area contributed by atoms with Crippen molar-refractivity contribution in [3.63, 3.8) is 0 Å². The van der Waals surface area contributed by atoms with Gasteiger partial charge < -0.3 is 15.0 Å². The Hall–Kier alpha value is -3.55. The van der Waals surface area contributed by atoms with Crippen LogP contribution in [-0.2, 0) is 14.3 Å². The number of carbonyl (C=O) groups is 4. The molecule has 1 heterocycles. The molecule has 1 aliphatic rings. The van der Waals surface area contributed by atoms with E-state index in [1.54, 1.807) is 29.2 Å². The van der Waals surface area contributed by atoms with E-state index < -0.39 is 36.6 Å². The molecule has 2 amide bonds. The highest BCUT2D eigenvalue weighted by Crippen LogP contribution is 2.21. The zero-order valence-corrected chi connectivity index (χ0v) is 15.5. The fraction of sp³-hybridized carbons (Fsp3) is 0.238. The summed E-state index contributed by atoms with van der Waals surface area (Å²) in [6.45, 7) is -0.222. The van der Waals surface area contributed by atoms with Gasteiger partial charge >= 0.3 is 5.97 Å². The van der Waals surface area contributed by atoms with Crippen LogP contribution in [0, 0.1) is 5.82 Å². The van der Waals surface area contributed by atoms with E-state index in [0.29, 0.717) is 18.5 Å². The van der Waals surface area contributed by atoms with E-state index in [2.05, 4.69) is 5.32 Å². The van der Waals surface area contributed by atoms with Crippen molar-refractivity contribution in [2.45, 2.75) is 12.8 Å². The Balaban J connectivity index is 1.44. The molecule has 8 heteroatoms. The summed E-state index contributed by atoms with van der Waals surface area (Å²) in [5, 5.41) is 2.34. The maximum Gasteiger partial charge on any atom is 0.325 e. The Morgan fingerprint density at radius 1 is 1.00 bits per heavy atom. The van der Waals surface area contributed by atoms with Gasteiger partial charge in [-0.05, 0) is 55.0 Å². The van der Waals surface area contributed by atoms with Gasteiger partial charge in [-0.3, -0.25) is 19.2 Å². The number of benzene rings is 2. The highest BCUT2D eigenvalue weighted by molar-refractivity contribution is 6.00. The number of anilines is 1. The number of Topliss-reactive ketones (excluding diaryl/α,β-unsaturated/α-hetero) is 1. The van der Waals surface area contributed by atoms with Gasteiger partial charge in [0.2, 0.25) is 5.91 Å². The number of nitrogens with one attached hydrogen (secondary N) is 1. The fourth-order valence-corrected chi connectivity index (χ4v) is 2.88. The molecule has 0 radical (unpaired) electrons. The van der Waals surface area contributed by atoms with E-state index in [1.807, 2.05) is 0 Å². The number of hydrogen-bond donors (Lipinski definition) is 1. The van der Waals surface area contributed by atoms with Gasteiger partial charge in [0, 0.05) is 29.8 Å². The van der Waals surface area contributed by atoms with Crippen molar-refractivity contribution in [2.24, 2.45) is 0 Å². The fourth-order valence-electron chi connectivity index (χ4n) is 2.88. The van der Waals surface area contributed by atoms with Crippen LogP contribution in [0.25, 0.3) is 0 Å². The second-order valence-electron chi connectivity index (χ2n) is 6.47. The number of halogens is 1. The number of esters is 1. The molecule has 0 spiro atoms. The minimum atomic E-state index is -0.770. The van der Waals surface area contributed by atoms with Gasteiger partial charge in [-0.15, -0.1) is 0 Å². The predicted molar refractivity (Wildman–Crippen MR) is 102 cm³/mol. The third-order valence-electron chi connectivity index (χ3n) is 4.44. The minimum absolute atomic E-state index is 0.0562. The molecule has 1 aliphatic heterocycles. The summed E-state index contributed by atoms with van der Waals surface area (Å²) in [5.41, 5.74) is 1.28. The predicted octanol–water partition coefficient (Wildman–Crippen LogP) is 2.11. The van der Waals surface area contributed by atoms with Crippen molar-refractivity contribution in [3.8, 4) is 0 Å². The lowest BCUT2D eigenvalue weighted by Gasteiger charge is -2.15. The van der Waals surface area contributed by atoms with Crippen LogP contribution < -0.4 is 10.2 Å². The van der Waals surface area contributed by atoms with E-state index in [-0.39, 0.29) is 11.5 Å². The highest BCUT2D eigenvalue weighted by Gasteiger charge is 2.21. The second-order valence-corrected chi connectivity index (χ2v) is 6.47. The van der Waals surface area contributed by atoms with Gasteiger partial charge in [0.25, 0.3) is 5.91 Å². The van der Waals surface area contributed by atoms with Gasteiger partial charge in [0.05, 0.1) is 0 Å². The third kappa shape index (κ3) is 5.25. The average Bonchev–Trinajstić information content (AvgIpc) is 3.16. The van der Waals surface area contributed by atoms with Crippen LogP contribution in [-0.4, -0.2) is 43.3 Å². The van der Waals surface area contributed by atoms with Crippen LogP contribution in [0.1, 0.15) is 33.6 Å². The molecule has 29 heavy (non-hydrogen) atoms. The quantitative estimate of drug-likeness (QED) is 0.570. The molecule has 2 aromatic carbocycles. The SMILES string of the molecule is O=C(CNC(=O)c1ccc(F)cc1)OCC(=O)c1ccc(N2CCCC2=O)cc1. The average molecular weight is 398 g/mol. The van der Waals surface area contributed by atoms with Crippen LogP contribution in [0.4, 0.5) is 10.1 Å². The summed E-state index contributed by atoms with van der Waals surface area (Å²) in [6, 6.07) is 11.4. The number of ether oxygens (including phenoxy) is 1. The molecular formula is C21H19FN2O5. The molecule has 3 rings (SSSR count). The standard InChI is InChI=1S/C21H19FN2O5/c22-16-7-3-15(4-8-16)21(28)23-12-20(27)29-13-18(25)14-5-9-17(10-6-14)24-11-1-2-19(24)26/h3-10H,1-2,11-13H2,(H,23,28). The minimum Gasteiger partial charge on any atom is -0.456 e. The molecule has 0 saturated carbocycles. The number of ketones is 1. The van der Waals surface area contributed by atoms with Gasteiger partial charge in [-0.25, -0.2) is 4.39 Å². The molecule has 0 atom stereocenters. The summed E-state index contributed by atoms with van der Waals surface area (Å²) in [6.07, 6.45) is 1.33. The summed E-state index contributed by atoms with van der Waals surface area (Å²) >= 11 is 0. The summed E-state index contributed by atoms with van der Waals surface area (Å²) in [4.78, 5) is 49.1. The lowest BCUT2D eigenvalue weighted by Crippen LogP contribution is -2.31. The van der Waals surface area contributed by atoms with Crippen molar-refractivity contribution in [1.29, 1.82) is 0 Å². The van der Waals surface area contributed by atoms with Crippen molar-refractivity contribution in [3.05, 3.63) is 65.5 Å². The molecule has 0 aromatic heterocycles. The first-order valence-corrected chi connectivity index (χ1v) is 9.07. The Kier molecular flexibility index (Phi) is 6.33.